The number of β-amino-alcohol motifs (C(OH)–C–C–N with tert-alkyl or cyclic N) is 1. The third-order valence-corrected chi connectivity index (χ3v) is 5.58. The highest BCUT2D eigenvalue weighted by Crippen LogP contribution is 2.26. The van der Waals surface area contributed by atoms with E-state index in [1.807, 2.05) is 35.2 Å². The summed E-state index contributed by atoms with van der Waals surface area (Å²) in [5.74, 6) is -0.240. The number of aliphatic hydroxyl groups is 1. The number of anilines is 2. The molecule has 2 aliphatic rings. The summed E-state index contributed by atoms with van der Waals surface area (Å²) in [4.78, 5) is 4.27. The van der Waals surface area contributed by atoms with Crippen LogP contribution in [0.15, 0.2) is 48.5 Å². The van der Waals surface area contributed by atoms with Gasteiger partial charge in [0.05, 0.1) is 24.5 Å². The first-order valence-corrected chi connectivity index (χ1v) is 9.96. The van der Waals surface area contributed by atoms with Crippen LogP contribution in [-0.4, -0.2) is 61.5 Å². The fourth-order valence-corrected chi connectivity index (χ4v) is 4.01. The summed E-state index contributed by atoms with van der Waals surface area (Å²) in [6.07, 6.45) is 0.710. The Bertz CT molecular complexity index is 783. The third-order valence-electron chi connectivity index (χ3n) is 5.58. The number of nitrogens with zero attached hydrogens (tertiary/aromatic N) is 2. The molecule has 0 radical (unpaired) electrons. The normalized spacial score (nSPS) is 23.1. The van der Waals surface area contributed by atoms with Crippen molar-refractivity contribution in [1.29, 1.82) is 0 Å². The molecule has 2 saturated heterocycles. The van der Waals surface area contributed by atoms with E-state index in [-0.39, 0.29) is 5.82 Å². The summed E-state index contributed by atoms with van der Waals surface area (Å²) in [5, 5.41) is 14.1. The molecule has 4 rings (SSSR count). The molecule has 0 spiro atoms. The highest BCUT2D eigenvalue weighted by atomic mass is 19.1. The maximum absolute atomic E-state index is 14.5. The molecule has 2 heterocycles. The molecule has 150 valence electrons. The van der Waals surface area contributed by atoms with Crippen molar-refractivity contribution in [3.63, 3.8) is 0 Å². The lowest BCUT2D eigenvalue weighted by Crippen LogP contribution is -2.40. The molecule has 2 aromatic carbocycles. The second-order valence-electron chi connectivity index (χ2n) is 7.79. The maximum atomic E-state index is 14.5. The van der Waals surface area contributed by atoms with E-state index in [1.54, 1.807) is 0 Å². The van der Waals surface area contributed by atoms with Gasteiger partial charge in [-0.15, -0.1) is 0 Å². The lowest BCUT2D eigenvalue weighted by molar-refractivity contribution is 0.0615. The number of ether oxygens (including phenoxy) is 1. The first-order chi connectivity index (χ1) is 13.6. The standard InChI is InChI=1S/C22H28FN3O2/c23-20-14-19(6-7-21(20)26-10-12-28-13-11-26)24-16-22(27)8-9-25(17-22)15-18-4-2-1-3-5-18/h1-7,14,24,27H,8-13,15-17H2. The molecule has 0 saturated carbocycles. The number of morpholine rings is 1. The molecular formula is C22H28FN3O2. The minimum absolute atomic E-state index is 0.240. The number of likely N-dealkylation sites (tertiary alicyclic amines) is 1. The van der Waals surface area contributed by atoms with Crippen LogP contribution in [-0.2, 0) is 11.3 Å². The quantitative estimate of drug-likeness (QED) is 0.801. The molecular weight excluding hydrogens is 357 g/mol. The van der Waals surface area contributed by atoms with Crippen molar-refractivity contribution in [1.82, 2.24) is 4.90 Å². The summed E-state index contributed by atoms with van der Waals surface area (Å²) in [5.41, 5.74) is 1.76. The fraction of sp³-hybridized carbons (Fsp3) is 0.455. The molecule has 1 unspecified atom stereocenters. The number of benzene rings is 2. The summed E-state index contributed by atoms with van der Waals surface area (Å²) in [7, 11) is 0. The third kappa shape index (κ3) is 4.63. The molecule has 1 atom stereocenters. The highest BCUT2D eigenvalue weighted by Gasteiger charge is 2.35. The zero-order valence-electron chi connectivity index (χ0n) is 16.1. The average Bonchev–Trinajstić information content (AvgIpc) is 3.09. The van der Waals surface area contributed by atoms with Crippen molar-refractivity contribution in [2.24, 2.45) is 0 Å². The molecule has 0 aromatic heterocycles. The van der Waals surface area contributed by atoms with Crippen LogP contribution < -0.4 is 10.2 Å². The summed E-state index contributed by atoms with van der Waals surface area (Å²) < 4.78 is 19.9. The van der Waals surface area contributed by atoms with Crippen molar-refractivity contribution in [2.75, 3.05) is 56.2 Å². The van der Waals surface area contributed by atoms with E-state index < -0.39 is 5.60 Å². The topological polar surface area (TPSA) is 48.0 Å². The number of halogens is 1. The van der Waals surface area contributed by atoms with Crippen molar-refractivity contribution in [3.05, 3.63) is 59.9 Å². The predicted molar refractivity (Wildman–Crippen MR) is 109 cm³/mol. The fourth-order valence-electron chi connectivity index (χ4n) is 4.01. The zero-order chi connectivity index (χ0) is 19.4. The van der Waals surface area contributed by atoms with Crippen LogP contribution in [0.3, 0.4) is 0 Å². The summed E-state index contributed by atoms with van der Waals surface area (Å²) in [6.45, 7) is 5.40. The molecule has 0 bridgehead atoms. The largest absolute Gasteiger partial charge is 0.387 e. The molecule has 28 heavy (non-hydrogen) atoms. The van der Waals surface area contributed by atoms with E-state index in [2.05, 4.69) is 22.3 Å². The smallest absolute Gasteiger partial charge is 0.148 e. The van der Waals surface area contributed by atoms with Crippen LogP contribution in [0, 0.1) is 5.82 Å². The number of nitrogens with one attached hydrogen (secondary N) is 1. The number of hydrogen-bond acceptors (Lipinski definition) is 5. The Morgan fingerprint density at radius 1 is 1.07 bits per heavy atom. The van der Waals surface area contributed by atoms with Gasteiger partial charge >= 0.3 is 0 Å². The van der Waals surface area contributed by atoms with Crippen molar-refractivity contribution >= 4 is 11.4 Å². The zero-order valence-corrected chi connectivity index (χ0v) is 16.1. The molecule has 0 amide bonds. The second-order valence-corrected chi connectivity index (χ2v) is 7.79. The molecule has 2 aromatic rings. The molecule has 5 nitrogen and oxygen atoms in total. The Balaban J connectivity index is 1.32. The van der Waals surface area contributed by atoms with Gasteiger partial charge in [0.25, 0.3) is 0 Å². The van der Waals surface area contributed by atoms with E-state index in [0.29, 0.717) is 57.2 Å². The van der Waals surface area contributed by atoms with Gasteiger partial charge in [0.1, 0.15) is 5.82 Å². The van der Waals surface area contributed by atoms with Crippen LogP contribution in [0.4, 0.5) is 15.8 Å². The van der Waals surface area contributed by atoms with Gasteiger partial charge in [0.15, 0.2) is 0 Å². The Kier molecular flexibility index (Phi) is 5.80. The van der Waals surface area contributed by atoms with E-state index in [0.717, 1.165) is 13.1 Å². The minimum atomic E-state index is -0.797. The number of rotatable bonds is 6. The monoisotopic (exact) mass is 385 g/mol. The summed E-state index contributed by atoms with van der Waals surface area (Å²) >= 11 is 0. The van der Waals surface area contributed by atoms with Gasteiger partial charge in [0.2, 0.25) is 0 Å². The van der Waals surface area contributed by atoms with E-state index in [9.17, 15) is 9.50 Å². The van der Waals surface area contributed by atoms with Crippen LogP contribution in [0.2, 0.25) is 0 Å². The number of hydrogen-bond donors (Lipinski definition) is 2. The molecule has 2 N–H and O–H groups in total. The Morgan fingerprint density at radius 2 is 1.86 bits per heavy atom. The summed E-state index contributed by atoms with van der Waals surface area (Å²) in [6, 6.07) is 15.5. The van der Waals surface area contributed by atoms with Gasteiger partial charge < -0.3 is 20.1 Å². The minimum Gasteiger partial charge on any atom is -0.387 e. The highest BCUT2D eigenvalue weighted by molar-refractivity contribution is 5.56. The van der Waals surface area contributed by atoms with Gasteiger partial charge in [-0.05, 0) is 30.2 Å². The van der Waals surface area contributed by atoms with Crippen LogP contribution in [0.5, 0.6) is 0 Å². The van der Waals surface area contributed by atoms with E-state index in [1.165, 1.54) is 11.6 Å². The van der Waals surface area contributed by atoms with Crippen LogP contribution in [0.25, 0.3) is 0 Å². The predicted octanol–water partition coefficient (Wildman–Crippen LogP) is 2.71. The first kappa shape index (κ1) is 19.2. The van der Waals surface area contributed by atoms with Crippen molar-refractivity contribution < 1.29 is 14.2 Å². The average molecular weight is 385 g/mol. The molecule has 2 fully saturated rings. The molecule has 6 heteroatoms. The van der Waals surface area contributed by atoms with Gasteiger partial charge in [-0.2, -0.15) is 0 Å². The van der Waals surface area contributed by atoms with Gasteiger partial charge in [-0.1, -0.05) is 30.3 Å². The van der Waals surface area contributed by atoms with Crippen molar-refractivity contribution in [2.45, 2.75) is 18.6 Å². The Hall–Kier alpha value is -2.15. The Morgan fingerprint density at radius 3 is 2.61 bits per heavy atom. The molecule has 0 aliphatic carbocycles. The van der Waals surface area contributed by atoms with E-state index >= 15 is 0 Å². The van der Waals surface area contributed by atoms with Crippen LogP contribution in [0.1, 0.15) is 12.0 Å². The SMILES string of the molecule is OC1(CNc2ccc(N3CCOCC3)c(F)c2)CCN(Cc2ccccc2)C1. The van der Waals surface area contributed by atoms with Gasteiger partial charge in [-0.25, -0.2) is 4.39 Å². The van der Waals surface area contributed by atoms with Crippen molar-refractivity contribution in [3.8, 4) is 0 Å². The van der Waals surface area contributed by atoms with Gasteiger partial charge in [0, 0.05) is 45.0 Å². The first-order valence-electron chi connectivity index (χ1n) is 9.96. The molecule has 2 aliphatic heterocycles. The maximum Gasteiger partial charge on any atom is 0.148 e. The lowest BCUT2D eigenvalue weighted by Gasteiger charge is -2.29. The lowest BCUT2D eigenvalue weighted by atomic mass is 10.0. The van der Waals surface area contributed by atoms with E-state index in [4.69, 9.17) is 4.74 Å². The van der Waals surface area contributed by atoms with Gasteiger partial charge in [-0.3, -0.25) is 4.90 Å². The second kappa shape index (κ2) is 8.47. The van der Waals surface area contributed by atoms with Crippen LogP contribution >= 0.6 is 0 Å². The Labute approximate surface area is 165 Å².